The third-order valence-corrected chi connectivity index (χ3v) is 3.70. The van der Waals surface area contributed by atoms with E-state index in [0.717, 1.165) is 9.13 Å². The molecule has 0 aliphatic heterocycles. The smallest absolute Gasteiger partial charge is 0.253 e. The summed E-state index contributed by atoms with van der Waals surface area (Å²) in [5.74, 6) is 0.0105. The van der Waals surface area contributed by atoms with Crippen molar-refractivity contribution in [3.63, 3.8) is 0 Å². The first-order valence-corrected chi connectivity index (χ1v) is 7.27. The van der Waals surface area contributed by atoms with Crippen molar-refractivity contribution in [2.45, 2.75) is 6.54 Å². The van der Waals surface area contributed by atoms with Gasteiger partial charge in [0.2, 0.25) is 0 Å². The maximum absolute atomic E-state index is 12.2. The van der Waals surface area contributed by atoms with Crippen LogP contribution < -0.4 is 0 Å². The predicted octanol–water partition coefficient (Wildman–Crippen LogP) is 4.22. The normalized spacial score (nSPS) is 10.3. The zero-order valence-corrected chi connectivity index (χ0v) is 13.4. The standard InChI is InChI=1S/C15H13ClINO/c1-18(10-11-3-2-4-13(16)9-11)15(19)12-5-7-14(17)8-6-12/h2-9H,10H2,1H3. The van der Waals surface area contributed by atoms with E-state index in [1.165, 1.54) is 0 Å². The monoisotopic (exact) mass is 385 g/mol. The molecule has 2 rings (SSSR count). The first-order chi connectivity index (χ1) is 9.06. The number of hydrogen-bond acceptors (Lipinski definition) is 1. The molecular formula is C15H13ClINO. The number of amides is 1. The van der Waals surface area contributed by atoms with Crippen LogP contribution in [0.2, 0.25) is 5.02 Å². The molecule has 0 saturated carbocycles. The van der Waals surface area contributed by atoms with Gasteiger partial charge >= 0.3 is 0 Å². The number of rotatable bonds is 3. The van der Waals surface area contributed by atoms with Crippen LogP contribution in [0.25, 0.3) is 0 Å². The van der Waals surface area contributed by atoms with Crippen LogP contribution in [0.15, 0.2) is 48.5 Å². The largest absolute Gasteiger partial charge is 0.337 e. The Balaban J connectivity index is 2.09. The number of benzene rings is 2. The Morgan fingerprint density at radius 2 is 1.89 bits per heavy atom. The molecule has 4 heteroatoms. The highest BCUT2D eigenvalue weighted by Crippen LogP contribution is 2.14. The van der Waals surface area contributed by atoms with E-state index in [0.29, 0.717) is 17.1 Å². The van der Waals surface area contributed by atoms with E-state index in [1.807, 2.05) is 48.5 Å². The van der Waals surface area contributed by atoms with Gasteiger partial charge in [0.1, 0.15) is 0 Å². The summed E-state index contributed by atoms with van der Waals surface area (Å²) < 4.78 is 1.12. The van der Waals surface area contributed by atoms with Gasteiger partial charge in [0.05, 0.1) is 0 Å². The summed E-state index contributed by atoms with van der Waals surface area (Å²) in [5, 5.41) is 0.688. The summed E-state index contributed by atoms with van der Waals surface area (Å²) in [5.41, 5.74) is 1.72. The number of halogens is 2. The minimum atomic E-state index is 0.0105. The zero-order chi connectivity index (χ0) is 13.8. The summed E-state index contributed by atoms with van der Waals surface area (Å²) in [6, 6.07) is 15.1. The fraction of sp³-hybridized carbons (Fsp3) is 0.133. The first-order valence-electron chi connectivity index (χ1n) is 5.82. The van der Waals surface area contributed by atoms with Crippen LogP contribution in [0.3, 0.4) is 0 Å². The van der Waals surface area contributed by atoms with Crippen LogP contribution in [0.4, 0.5) is 0 Å². The van der Waals surface area contributed by atoms with Gasteiger partial charge in [0.15, 0.2) is 0 Å². The number of nitrogens with zero attached hydrogens (tertiary/aromatic N) is 1. The number of hydrogen-bond donors (Lipinski definition) is 0. The minimum Gasteiger partial charge on any atom is -0.337 e. The van der Waals surface area contributed by atoms with Gasteiger partial charge in [0, 0.05) is 27.7 Å². The maximum atomic E-state index is 12.2. The molecule has 0 unspecified atom stereocenters. The molecule has 98 valence electrons. The van der Waals surface area contributed by atoms with E-state index >= 15 is 0 Å². The van der Waals surface area contributed by atoms with Crippen LogP contribution in [-0.4, -0.2) is 17.9 Å². The highest BCUT2D eigenvalue weighted by atomic mass is 127. The second-order valence-electron chi connectivity index (χ2n) is 4.30. The van der Waals surface area contributed by atoms with Crippen molar-refractivity contribution >= 4 is 40.1 Å². The Hall–Kier alpha value is -1.07. The average molecular weight is 386 g/mol. The number of carbonyl (C=O) groups is 1. The third kappa shape index (κ3) is 3.94. The van der Waals surface area contributed by atoms with E-state index in [-0.39, 0.29) is 5.91 Å². The summed E-state index contributed by atoms with van der Waals surface area (Å²) in [4.78, 5) is 13.9. The Morgan fingerprint density at radius 3 is 2.53 bits per heavy atom. The summed E-state index contributed by atoms with van der Waals surface area (Å²) in [6.45, 7) is 0.547. The van der Waals surface area contributed by atoms with Gasteiger partial charge in [-0.1, -0.05) is 23.7 Å². The topological polar surface area (TPSA) is 20.3 Å². The van der Waals surface area contributed by atoms with Gasteiger partial charge in [0.25, 0.3) is 5.91 Å². The Kier molecular flexibility index (Phi) is 4.82. The second kappa shape index (κ2) is 6.39. The highest BCUT2D eigenvalue weighted by Gasteiger charge is 2.11. The summed E-state index contributed by atoms with van der Waals surface area (Å²) >= 11 is 8.16. The van der Waals surface area contributed by atoms with Gasteiger partial charge in [-0.05, 0) is 64.6 Å². The summed E-state index contributed by atoms with van der Waals surface area (Å²) in [6.07, 6.45) is 0. The first kappa shape index (κ1) is 14.3. The molecule has 19 heavy (non-hydrogen) atoms. The van der Waals surface area contributed by atoms with Crippen molar-refractivity contribution in [2.75, 3.05) is 7.05 Å². The molecule has 0 saturated heterocycles. The van der Waals surface area contributed by atoms with Crippen molar-refractivity contribution in [3.8, 4) is 0 Å². The molecule has 0 spiro atoms. The van der Waals surface area contributed by atoms with Crippen molar-refractivity contribution in [2.24, 2.45) is 0 Å². The van der Waals surface area contributed by atoms with E-state index in [4.69, 9.17) is 11.6 Å². The lowest BCUT2D eigenvalue weighted by Gasteiger charge is -2.17. The molecule has 2 nitrogen and oxygen atoms in total. The molecule has 0 bridgehead atoms. The van der Waals surface area contributed by atoms with Gasteiger partial charge in [-0.15, -0.1) is 0 Å². The van der Waals surface area contributed by atoms with Crippen molar-refractivity contribution in [1.82, 2.24) is 4.90 Å². The van der Waals surface area contributed by atoms with E-state index in [1.54, 1.807) is 11.9 Å². The lowest BCUT2D eigenvalue weighted by molar-refractivity contribution is 0.0785. The van der Waals surface area contributed by atoms with Crippen LogP contribution in [0.1, 0.15) is 15.9 Å². The predicted molar refractivity (Wildman–Crippen MR) is 86.4 cm³/mol. The molecule has 0 aromatic heterocycles. The Labute approximate surface area is 131 Å². The van der Waals surface area contributed by atoms with Crippen LogP contribution in [0.5, 0.6) is 0 Å². The van der Waals surface area contributed by atoms with Gasteiger partial charge in [-0.2, -0.15) is 0 Å². The molecule has 0 aliphatic carbocycles. The SMILES string of the molecule is CN(Cc1cccc(Cl)c1)C(=O)c1ccc(I)cc1. The van der Waals surface area contributed by atoms with Gasteiger partial charge in [-0.25, -0.2) is 0 Å². The van der Waals surface area contributed by atoms with Crippen LogP contribution >= 0.6 is 34.2 Å². The number of carbonyl (C=O) groups excluding carboxylic acids is 1. The molecule has 0 N–H and O–H groups in total. The average Bonchev–Trinajstić information content (AvgIpc) is 2.39. The Bertz CT molecular complexity index is 583. The molecule has 0 aliphatic rings. The lowest BCUT2D eigenvalue weighted by Crippen LogP contribution is -2.26. The van der Waals surface area contributed by atoms with Crippen molar-refractivity contribution in [3.05, 3.63) is 68.3 Å². The molecule has 0 atom stereocenters. The van der Waals surface area contributed by atoms with Crippen molar-refractivity contribution < 1.29 is 4.79 Å². The quantitative estimate of drug-likeness (QED) is 0.725. The van der Waals surface area contributed by atoms with Gasteiger partial charge < -0.3 is 4.90 Å². The van der Waals surface area contributed by atoms with Gasteiger partial charge in [-0.3, -0.25) is 4.79 Å². The fourth-order valence-corrected chi connectivity index (χ4v) is 2.37. The van der Waals surface area contributed by atoms with E-state index < -0.39 is 0 Å². The molecular weight excluding hydrogens is 373 g/mol. The van der Waals surface area contributed by atoms with Crippen molar-refractivity contribution in [1.29, 1.82) is 0 Å². The van der Waals surface area contributed by atoms with E-state index in [9.17, 15) is 4.79 Å². The highest BCUT2D eigenvalue weighted by molar-refractivity contribution is 14.1. The lowest BCUT2D eigenvalue weighted by atomic mass is 10.1. The minimum absolute atomic E-state index is 0.0105. The summed E-state index contributed by atoms with van der Waals surface area (Å²) in [7, 11) is 1.79. The van der Waals surface area contributed by atoms with E-state index in [2.05, 4.69) is 22.6 Å². The maximum Gasteiger partial charge on any atom is 0.253 e. The molecule has 0 fully saturated rings. The molecule has 2 aromatic carbocycles. The third-order valence-electron chi connectivity index (χ3n) is 2.75. The molecule has 2 aromatic rings. The van der Waals surface area contributed by atoms with Crippen LogP contribution in [-0.2, 0) is 6.54 Å². The molecule has 1 amide bonds. The Morgan fingerprint density at radius 1 is 1.21 bits per heavy atom. The second-order valence-corrected chi connectivity index (χ2v) is 5.98. The molecule has 0 heterocycles. The fourth-order valence-electron chi connectivity index (χ4n) is 1.79. The zero-order valence-electron chi connectivity index (χ0n) is 10.4. The molecule has 0 radical (unpaired) electrons. The van der Waals surface area contributed by atoms with Crippen LogP contribution in [0, 0.1) is 3.57 Å².